The molecule has 0 bridgehead atoms. The molecule has 32 heavy (non-hydrogen) atoms. The lowest BCUT2D eigenvalue weighted by molar-refractivity contribution is -0.133. The Labute approximate surface area is 211 Å². The molecule has 0 unspecified atom stereocenters. The first-order valence-corrected chi connectivity index (χ1v) is 11.8. The number of benzene rings is 2. The van der Waals surface area contributed by atoms with Gasteiger partial charge in [-0.15, -0.1) is 0 Å². The van der Waals surface area contributed by atoms with E-state index in [-0.39, 0.29) is 10.7 Å². The van der Waals surface area contributed by atoms with E-state index in [2.05, 4.69) is 22.6 Å². The van der Waals surface area contributed by atoms with Gasteiger partial charge in [-0.05, 0) is 90.1 Å². The van der Waals surface area contributed by atoms with Gasteiger partial charge in [0.2, 0.25) is 0 Å². The first-order valence-electron chi connectivity index (χ1n) is 9.94. The smallest absolute Gasteiger partial charge is 0.265 e. The molecule has 0 N–H and O–H groups in total. The van der Waals surface area contributed by atoms with Crippen LogP contribution >= 0.6 is 46.4 Å². The van der Waals surface area contributed by atoms with Gasteiger partial charge in [-0.1, -0.05) is 23.7 Å². The maximum atomic E-state index is 12.9. The number of rotatable bonds is 7. The van der Waals surface area contributed by atoms with Crippen LogP contribution in [0.5, 0.6) is 11.5 Å². The molecular weight excluding hydrogens is 563 g/mol. The number of nitrogens with zero attached hydrogens (tertiary/aromatic N) is 2. The summed E-state index contributed by atoms with van der Waals surface area (Å²) in [6.07, 6.45) is 1.57. The number of halogens is 2. The van der Waals surface area contributed by atoms with E-state index in [1.165, 1.54) is 9.80 Å². The molecule has 0 saturated carbocycles. The number of hydrogen-bond donors (Lipinski definition) is 0. The van der Waals surface area contributed by atoms with Gasteiger partial charge in [-0.2, -0.15) is 0 Å². The molecule has 1 saturated heterocycles. The molecular formula is C23H22ClIN2O4S. The van der Waals surface area contributed by atoms with Gasteiger partial charge in [-0.3, -0.25) is 19.4 Å². The molecule has 168 valence electrons. The van der Waals surface area contributed by atoms with E-state index in [9.17, 15) is 9.59 Å². The van der Waals surface area contributed by atoms with Gasteiger partial charge in [-0.25, -0.2) is 0 Å². The van der Waals surface area contributed by atoms with E-state index < -0.39 is 11.8 Å². The second-order valence-electron chi connectivity index (χ2n) is 6.89. The minimum absolute atomic E-state index is 0.0648. The molecule has 2 aromatic rings. The Morgan fingerprint density at radius 3 is 2.19 bits per heavy atom. The summed E-state index contributed by atoms with van der Waals surface area (Å²) in [5.41, 5.74) is 1.68. The van der Waals surface area contributed by atoms with Crippen molar-refractivity contribution in [3.8, 4) is 11.5 Å². The minimum atomic E-state index is -0.399. The van der Waals surface area contributed by atoms with Crippen molar-refractivity contribution in [1.29, 1.82) is 0 Å². The molecule has 1 heterocycles. The molecule has 6 nitrogen and oxygen atoms in total. The zero-order valence-corrected chi connectivity index (χ0v) is 21.6. The summed E-state index contributed by atoms with van der Waals surface area (Å²) in [6.45, 7) is 4.76. The molecule has 3 rings (SSSR count). The average Bonchev–Trinajstić information content (AvgIpc) is 2.77. The summed E-state index contributed by atoms with van der Waals surface area (Å²) >= 11 is 13.4. The normalized spacial score (nSPS) is 14.2. The van der Waals surface area contributed by atoms with Crippen LogP contribution in [0.2, 0.25) is 5.02 Å². The summed E-state index contributed by atoms with van der Waals surface area (Å²) < 4.78 is 12.3. The van der Waals surface area contributed by atoms with E-state index in [1.807, 2.05) is 32.0 Å². The van der Waals surface area contributed by atoms with Crippen molar-refractivity contribution in [3.05, 3.63) is 61.7 Å². The molecule has 1 aliphatic rings. The van der Waals surface area contributed by atoms with Crippen molar-refractivity contribution in [2.45, 2.75) is 20.5 Å². The Kier molecular flexibility index (Phi) is 8.13. The number of ether oxygens (including phenoxy) is 2. The lowest BCUT2D eigenvalue weighted by Gasteiger charge is -2.35. The fourth-order valence-electron chi connectivity index (χ4n) is 3.25. The Bertz CT molecular complexity index is 1060. The highest BCUT2D eigenvalue weighted by atomic mass is 127. The fourth-order valence-corrected chi connectivity index (χ4v) is 4.58. The summed E-state index contributed by atoms with van der Waals surface area (Å²) in [7, 11) is 1.55. The number of amides is 2. The van der Waals surface area contributed by atoms with Crippen LogP contribution in [0.15, 0.2) is 42.0 Å². The third-order valence-corrected chi connectivity index (χ3v) is 6.40. The molecule has 0 atom stereocenters. The largest absolute Gasteiger partial charge is 0.493 e. The first-order chi connectivity index (χ1) is 15.3. The summed E-state index contributed by atoms with van der Waals surface area (Å²) in [5, 5.41) is 0.898. The lowest BCUT2D eigenvalue weighted by Crippen LogP contribution is -2.55. The molecule has 1 fully saturated rings. The van der Waals surface area contributed by atoms with Crippen LogP contribution in [0, 0.1) is 3.57 Å². The third kappa shape index (κ3) is 5.07. The molecule has 0 spiro atoms. The van der Waals surface area contributed by atoms with Crippen molar-refractivity contribution in [1.82, 2.24) is 9.80 Å². The Balaban J connectivity index is 1.92. The molecule has 2 aromatic carbocycles. The van der Waals surface area contributed by atoms with Gasteiger partial charge in [0.25, 0.3) is 11.8 Å². The summed E-state index contributed by atoms with van der Waals surface area (Å²) in [5.74, 6) is 0.287. The van der Waals surface area contributed by atoms with Crippen LogP contribution in [-0.2, 0) is 16.2 Å². The topological polar surface area (TPSA) is 59.1 Å². The zero-order valence-electron chi connectivity index (χ0n) is 17.9. The van der Waals surface area contributed by atoms with Gasteiger partial charge in [0.1, 0.15) is 12.2 Å². The number of thiocarbonyl (C=S) groups is 1. The SMILES string of the molecule is CCN1C(=O)C(=Cc2cc(I)c(OCc3ccc(Cl)cc3)c(OC)c2)C(=O)N(CC)C1=S. The fraction of sp³-hybridized carbons (Fsp3) is 0.261. The second kappa shape index (κ2) is 10.6. The Hall–Kier alpha value is -2.17. The van der Waals surface area contributed by atoms with Crippen molar-refractivity contribution in [2.24, 2.45) is 0 Å². The van der Waals surface area contributed by atoms with Crippen molar-refractivity contribution in [3.63, 3.8) is 0 Å². The lowest BCUT2D eigenvalue weighted by atomic mass is 10.1. The van der Waals surface area contributed by atoms with Crippen LogP contribution in [0.25, 0.3) is 6.08 Å². The van der Waals surface area contributed by atoms with Gasteiger partial charge in [0, 0.05) is 18.1 Å². The van der Waals surface area contributed by atoms with E-state index in [0.29, 0.717) is 41.8 Å². The quantitative estimate of drug-likeness (QED) is 0.200. The number of carbonyl (C=O) groups is 2. The maximum absolute atomic E-state index is 12.9. The van der Waals surface area contributed by atoms with E-state index in [0.717, 1.165) is 9.13 Å². The van der Waals surface area contributed by atoms with Crippen molar-refractivity contribution in [2.75, 3.05) is 20.2 Å². The highest BCUT2D eigenvalue weighted by Crippen LogP contribution is 2.35. The number of methoxy groups -OCH3 is 1. The Morgan fingerprint density at radius 2 is 1.66 bits per heavy atom. The maximum Gasteiger partial charge on any atom is 0.265 e. The first kappa shape index (κ1) is 24.5. The highest BCUT2D eigenvalue weighted by Gasteiger charge is 2.37. The van der Waals surface area contributed by atoms with E-state index >= 15 is 0 Å². The number of hydrogen-bond acceptors (Lipinski definition) is 5. The van der Waals surface area contributed by atoms with Crippen LogP contribution in [-0.4, -0.2) is 46.9 Å². The summed E-state index contributed by atoms with van der Waals surface area (Å²) in [4.78, 5) is 28.6. The molecule has 0 radical (unpaired) electrons. The van der Waals surface area contributed by atoms with Crippen molar-refractivity contribution < 1.29 is 19.1 Å². The van der Waals surface area contributed by atoms with Gasteiger partial charge in [0.05, 0.1) is 10.7 Å². The molecule has 2 amide bonds. The summed E-state index contributed by atoms with van der Waals surface area (Å²) in [6, 6.07) is 11.0. The van der Waals surface area contributed by atoms with E-state index in [4.69, 9.17) is 33.3 Å². The van der Waals surface area contributed by atoms with Gasteiger partial charge >= 0.3 is 0 Å². The van der Waals surface area contributed by atoms with Gasteiger partial charge in [0.15, 0.2) is 16.6 Å². The average molecular weight is 585 g/mol. The predicted molar refractivity (Wildman–Crippen MR) is 137 cm³/mol. The van der Waals surface area contributed by atoms with E-state index in [1.54, 1.807) is 31.4 Å². The standard InChI is InChI=1S/C23H22ClIN2O4S/c1-4-26-21(28)17(22(29)27(5-2)23(26)32)10-15-11-18(25)20(19(12-15)30-3)31-13-14-6-8-16(24)9-7-14/h6-12H,4-5,13H2,1-3H3. The molecule has 1 aliphatic heterocycles. The van der Waals surface area contributed by atoms with Crippen LogP contribution < -0.4 is 9.47 Å². The second-order valence-corrected chi connectivity index (χ2v) is 8.85. The van der Waals surface area contributed by atoms with Gasteiger partial charge < -0.3 is 9.47 Å². The Morgan fingerprint density at radius 1 is 1.06 bits per heavy atom. The zero-order chi connectivity index (χ0) is 23.4. The molecule has 0 aliphatic carbocycles. The third-order valence-electron chi connectivity index (χ3n) is 4.90. The number of carbonyl (C=O) groups excluding carboxylic acids is 2. The highest BCUT2D eigenvalue weighted by molar-refractivity contribution is 14.1. The monoisotopic (exact) mass is 584 g/mol. The molecule has 0 aromatic heterocycles. The van der Waals surface area contributed by atoms with Crippen LogP contribution in [0.3, 0.4) is 0 Å². The van der Waals surface area contributed by atoms with Crippen molar-refractivity contribution >= 4 is 69.4 Å². The number of likely N-dealkylation sites (N-methyl/N-ethyl adjacent to an activating group) is 2. The minimum Gasteiger partial charge on any atom is -0.493 e. The molecule has 9 heteroatoms. The van der Waals surface area contributed by atoms with Crippen LogP contribution in [0.4, 0.5) is 0 Å². The predicted octanol–water partition coefficient (Wildman–Crippen LogP) is 4.91. The van der Waals surface area contributed by atoms with Crippen LogP contribution in [0.1, 0.15) is 25.0 Å².